The average Bonchev–Trinajstić information content (AvgIpc) is 2.18. The summed E-state index contributed by atoms with van der Waals surface area (Å²) in [5.74, 6) is -0.193. The van der Waals surface area contributed by atoms with Crippen LogP contribution in [0.4, 0.5) is 4.39 Å². The third kappa shape index (κ3) is 2.54. The number of hydrogen-bond acceptors (Lipinski definition) is 2. The van der Waals surface area contributed by atoms with Gasteiger partial charge in [0.1, 0.15) is 5.82 Å². The Balaban J connectivity index is 2.76. The highest BCUT2D eigenvalue weighted by Crippen LogP contribution is 2.15. The molecule has 1 atom stereocenters. The van der Waals surface area contributed by atoms with Crippen molar-refractivity contribution in [2.24, 2.45) is 0 Å². The standard InChI is InChI=1S/C11H13FN2/c1-8-7-10(3-4-11(8)12)9(2)14-6-5-13/h3-4,7,9,14H,6H2,1-2H3. The smallest absolute Gasteiger partial charge is 0.126 e. The molecule has 0 radical (unpaired) electrons. The second-order valence-corrected chi connectivity index (χ2v) is 3.27. The fraction of sp³-hybridized carbons (Fsp3) is 0.364. The lowest BCUT2D eigenvalue weighted by molar-refractivity contribution is 0.601. The molecule has 74 valence electrons. The Bertz CT molecular complexity index is 355. The molecule has 0 bridgehead atoms. The summed E-state index contributed by atoms with van der Waals surface area (Å²) < 4.78 is 12.9. The Hall–Kier alpha value is -1.40. The second kappa shape index (κ2) is 4.73. The van der Waals surface area contributed by atoms with Gasteiger partial charge < -0.3 is 0 Å². The highest BCUT2D eigenvalue weighted by Gasteiger charge is 2.05. The number of hydrogen-bond donors (Lipinski definition) is 1. The van der Waals surface area contributed by atoms with Crippen molar-refractivity contribution < 1.29 is 4.39 Å². The molecule has 3 heteroatoms. The van der Waals surface area contributed by atoms with E-state index in [1.165, 1.54) is 6.07 Å². The van der Waals surface area contributed by atoms with Crippen molar-refractivity contribution in [3.8, 4) is 6.07 Å². The predicted octanol–water partition coefficient (Wildman–Crippen LogP) is 2.31. The zero-order valence-corrected chi connectivity index (χ0v) is 8.34. The minimum Gasteiger partial charge on any atom is -0.298 e. The normalized spacial score (nSPS) is 12.1. The van der Waals surface area contributed by atoms with E-state index < -0.39 is 0 Å². The largest absolute Gasteiger partial charge is 0.298 e. The molecule has 2 nitrogen and oxygen atoms in total. The predicted molar refractivity (Wildman–Crippen MR) is 53.2 cm³/mol. The number of rotatable bonds is 3. The van der Waals surface area contributed by atoms with Crippen LogP contribution in [-0.4, -0.2) is 6.54 Å². The highest BCUT2D eigenvalue weighted by atomic mass is 19.1. The third-order valence-corrected chi connectivity index (χ3v) is 2.17. The maximum absolute atomic E-state index is 12.9. The van der Waals surface area contributed by atoms with Gasteiger partial charge in [0.25, 0.3) is 0 Å². The lowest BCUT2D eigenvalue weighted by Gasteiger charge is -2.12. The van der Waals surface area contributed by atoms with Gasteiger partial charge in [-0.1, -0.05) is 12.1 Å². The van der Waals surface area contributed by atoms with Crippen molar-refractivity contribution in [1.29, 1.82) is 5.26 Å². The lowest BCUT2D eigenvalue weighted by Crippen LogP contribution is -2.18. The van der Waals surface area contributed by atoms with Gasteiger partial charge in [0.05, 0.1) is 12.6 Å². The van der Waals surface area contributed by atoms with Gasteiger partial charge in [-0.3, -0.25) is 5.32 Å². The molecule has 0 fully saturated rings. The molecule has 0 aromatic heterocycles. The molecule has 0 saturated carbocycles. The molecular formula is C11H13FN2. The minimum absolute atomic E-state index is 0.0777. The summed E-state index contributed by atoms with van der Waals surface area (Å²) in [4.78, 5) is 0. The van der Waals surface area contributed by atoms with E-state index in [-0.39, 0.29) is 11.9 Å². The van der Waals surface area contributed by atoms with Crippen molar-refractivity contribution in [1.82, 2.24) is 5.32 Å². The van der Waals surface area contributed by atoms with Crippen LogP contribution in [0.5, 0.6) is 0 Å². The molecule has 0 saturated heterocycles. The van der Waals surface area contributed by atoms with Crippen molar-refractivity contribution in [3.05, 3.63) is 35.1 Å². The van der Waals surface area contributed by atoms with Gasteiger partial charge in [-0.2, -0.15) is 5.26 Å². The first-order chi connectivity index (χ1) is 6.65. The van der Waals surface area contributed by atoms with Gasteiger partial charge in [-0.15, -0.1) is 0 Å². The molecule has 0 spiro atoms. The van der Waals surface area contributed by atoms with Crippen molar-refractivity contribution in [2.45, 2.75) is 19.9 Å². The second-order valence-electron chi connectivity index (χ2n) is 3.27. The first-order valence-corrected chi connectivity index (χ1v) is 4.51. The van der Waals surface area contributed by atoms with E-state index in [1.54, 1.807) is 19.1 Å². The molecule has 1 N–H and O–H groups in total. The van der Waals surface area contributed by atoms with E-state index in [1.807, 2.05) is 13.0 Å². The molecule has 1 aromatic carbocycles. The molecule has 14 heavy (non-hydrogen) atoms. The maximum Gasteiger partial charge on any atom is 0.126 e. The molecule has 1 unspecified atom stereocenters. The molecule has 0 heterocycles. The molecule has 0 amide bonds. The van der Waals surface area contributed by atoms with Crippen molar-refractivity contribution in [3.63, 3.8) is 0 Å². The summed E-state index contributed by atoms with van der Waals surface area (Å²) in [5, 5.41) is 11.4. The van der Waals surface area contributed by atoms with Gasteiger partial charge in [-0.25, -0.2) is 4.39 Å². The van der Waals surface area contributed by atoms with Gasteiger partial charge >= 0.3 is 0 Å². The van der Waals surface area contributed by atoms with E-state index in [0.29, 0.717) is 12.1 Å². The van der Waals surface area contributed by atoms with Crippen LogP contribution in [0.25, 0.3) is 0 Å². The summed E-state index contributed by atoms with van der Waals surface area (Å²) in [6, 6.07) is 7.07. The Labute approximate surface area is 83.4 Å². The molecule has 0 aliphatic carbocycles. The third-order valence-electron chi connectivity index (χ3n) is 2.17. The summed E-state index contributed by atoms with van der Waals surface area (Å²) in [7, 11) is 0. The zero-order valence-electron chi connectivity index (χ0n) is 8.34. The Morgan fingerprint density at radius 1 is 1.57 bits per heavy atom. The molecule has 0 aliphatic heterocycles. The zero-order chi connectivity index (χ0) is 10.6. The Kier molecular flexibility index (Phi) is 3.61. The topological polar surface area (TPSA) is 35.8 Å². The lowest BCUT2D eigenvalue weighted by atomic mass is 10.1. The number of benzene rings is 1. The summed E-state index contributed by atoms with van der Waals surface area (Å²) in [6.45, 7) is 3.98. The van der Waals surface area contributed by atoms with Crippen LogP contribution in [0, 0.1) is 24.1 Å². The van der Waals surface area contributed by atoms with Crippen LogP contribution in [-0.2, 0) is 0 Å². The average molecular weight is 192 g/mol. The number of nitrogens with zero attached hydrogens (tertiary/aromatic N) is 1. The van der Waals surface area contributed by atoms with E-state index >= 15 is 0 Å². The first kappa shape index (κ1) is 10.7. The molecule has 1 aromatic rings. The quantitative estimate of drug-likeness (QED) is 0.746. The van der Waals surface area contributed by atoms with Crippen LogP contribution in [0.1, 0.15) is 24.1 Å². The van der Waals surface area contributed by atoms with Crippen molar-refractivity contribution >= 4 is 0 Å². The fourth-order valence-corrected chi connectivity index (χ4v) is 1.25. The number of aryl methyl sites for hydroxylation is 1. The number of nitrogens with one attached hydrogen (secondary N) is 1. The molecule has 1 rings (SSSR count). The minimum atomic E-state index is -0.193. The van der Waals surface area contributed by atoms with Gasteiger partial charge in [0.15, 0.2) is 0 Å². The van der Waals surface area contributed by atoms with Crippen LogP contribution in [0.15, 0.2) is 18.2 Å². The van der Waals surface area contributed by atoms with Crippen LogP contribution in [0.2, 0.25) is 0 Å². The summed E-state index contributed by atoms with van der Waals surface area (Å²) in [6.07, 6.45) is 0. The monoisotopic (exact) mass is 192 g/mol. The van der Waals surface area contributed by atoms with E-state index in [9.17, 15) is 4.39 Å². The summed E-state index contributed by atoms with van der Waals surface area (Å²) >= 11 is 0. The fourth-order valence-electron chi connectivity index (χ4n) is 1.25. The summed E-state index contributed by atoms with van der Waals surface area (Å²) in [5.41, 5.74) is 1.63. The van der Waals surface area contributed by atoms with E-state index in [2.05, 4.69) is 5.32 Å². The SMILES string of the molecule is Cc1cc(C(C)NCC#N)ccc1F. The van der Waals surface area contributed by atoms with Gasteiger partial charge in [0.2, 0.25) is 0 Å². The highest BCUT2D eigenvalue weighted by molar-refractivity contribution is 5.26. The van der Waals surface area contributed by atoms with E-state index in [4.69, 9.17) is 5.26 Å². The Morgan fingerprint density at radius 2 is 2.29 bits per heavy atom. The molecule has 0 aliphatic rings. The van der Waals surface area contributed by atoms with Gasteiger partial charge in [-0.05, 0) is 31.0 Å². The van der Waals surface area contributed by atoms with Gasteiger partial charge in [0, 0.05) is 6.04 Å². The maximum atomic E-state index is 12.9. The van der Waals surface area contributed by atoms with Crippen LogP contribution < -0.4 is 5.32 Å². The van der Waals surface area contributed by atoms with E-state index in [0.717, 1.165) is 5.56 Å². The van der Waals surface area contributed by atoms with Crippen LogP contribution in [0.3, 0.4) is 0 Å². The first-order valence-electron chi connectivity index (χ1n) is 4.51. The Morgan fingerprint density at radius 3 is 2.86 bits per heavy atom. The molecular weight excluding hydrogens is 179 g/mol. The van der Waals surface area contributed by atoms with Crippen molar-refractivity contribution in [2.75, 3.05) is 6.54 Å². The van der Waals surface area contributed by atoms with Crippen LogP contribution >= 0.6 is 0 Å². The number of nitriles is 1. The number of halogens is 1.